The highest BCUT2D eigenvalue weighted by Crippen LogP contribution is 2.60. The van der Waals surface area contributed by atoms with Crippen molar-refractivity contribution in [2.45, 2.75) is 41.5 Å². The Bertz CT molecular complexity index is 1700. The first-order valence-corrected chi connectivity index (χ1v) is 16.7. The van der Waals surface area contributed by atoms with Crippen LogP contribution in [0.1, 0.15) is 30.4 Å². The second-order valence-electron chi connectivity index (χ2n) is 10.8. The minimum absolute atomic E-state index is 0.0691. The summed E-state index contributed by atoms with van der Waals surface area (Å²) in [5.74, 6) is -3.01. The summed E-state index contributed by atoms with van der Waals surface area (Å²) in [6.45, 7) is -0.102. The summed E-state index contributed by atoms with van der Waals surface area (Å²) in [5.41, 5.74) is 0.427. The zero-order chi connectivity index (χ0) is 29.2. The predicted octanol–water partition coefficient (Wildman–Crippen LogP) is 5.32. The summed E-state index contributed by atoms with van der Waals surface area (Å²) in [6.07, 6.45) is 0.193. The van der Waals surface area contributed by atoms with Gasteiger partial charge in [0.25, 0.3) is 0 Å². The topological polar surface area (TPSA) is 90.0 Å². The van der Waals surface area contributed by atoms with E-state index in [9.17, 15) is 16.8 Å². The SMILES string of the molecule is COc1ccc(CN2[C@@H]3CC[C@@]4(S(=O)(=O)c5ccc(Cl)cc5)c5c(F)ccc(F)c5OC[C@H]4[C@@H]3CCS2(=O)=O)cc1. The Labute approximate surface area is 243 Å². The molecule has 2 fully saturated rings. The second-order valence-corrected chi connectivity index (χ2v) is 15.4. The normalized spacial score (nSPS) is 27.2. The molecule has 1 saturated carbocycles. The fraction of sp³-hybridized carbons (Fsp3) is 0.379. The lowest BCUT2D eigenvalue weighted by Gasteiger charge is -2.56. The van der Waals surface area contributed by atoms with Crippen LogP contribution in [0, 0.1) is 23.5 Å². The molecule has 2 aliphatic heterocycles. The van der Waals surface area contributed by atoms with Crippen molar-refractivity contribution >= 4 is 31.5 Å². The lowest BCUT2D eigenvalue weighted by molar-refractivity contribution is 0.0201. The molecule has 4 atom stereocenters. The van der Waals surface area contributed by atoms with Gasteiger partial charge in [-0.3, -0.25) is 0 Å². The van der Waals surface area contributed by atoms with Crippen LogP contribution < -0.4 is 9.47 Å². The number of halogens is 3. The van der Waals surface area contributed by atoms with Crippen molar-refractivity contribution in [3.63, 3.8) is 0 Å². The lowest BCUT2D eigenvalue weighted by Crippen LogP contribution is -2.63. The third kappa shape index (κ3) is 4.43. The zero-order valence-corrected chi connectivity index (χ0v) is 24.5. The molecule has 3 aromatic carbocycles. The van der Waals surface area contributed by atoms with E-state index in [2.05, 4.69) is 0 Å². The Morgan fingerprint density at radius 3 is 2.39 bits per heavy atom. The first kappa shape index (κ1) is 28.4. The van der Waals surface area contributed by atoms with Gasteiger partial charge in [0.1, 0.15) is 16.3 Å². The maximum atomic E-state index is 15.7. The number of fused-ring (bicyclic) bond motifs is 5. The van der Waals surface area contributed by atoms with E-state index in [4.69, 9.17) is 21.1 Å². The molecular formula is C29H28ClF2NO6S2. The predicted molar refractivity (Wildman–Crippen MR) is 149 cm³/mol. The molecule has 41 heavy (non-hydrogen) atoms. The molecule has 0 unspecified atom stereocenters. The molecule has 12 heteroatoms. The molecule has 3 aromatic rings. The molecule has 6 rings (SSSR count). The van der Waals surface area contributed by atoms with Crippen molar-refractivity contribution < 1.29 is 35.1 Å². The summed E-state index contributed by atoms with van der Waals surface area (Å²) in [7, 11) is -6.47. The summed E-state index contributed by atoms with van der Waals surface area (Å²) >= 11 is 6.03. The molecule has 0 N–H and O–H groups in total. The fourth-order valence-corrected chi connectivity index (χ4v) is 11.3. The Kier molecular flexibility index (Phi) is 7.08. The van der Waals surface area contributed by atoms with Crippen molar-refractivity contribution in [3.05, 3.63) is 88.4 Å². The van der Waals surface area contributed by atoms with Gasteiger partial charge in [-0.25, -0.2) is 25.6 Å². The van der Waals surface area contributed by atoms with Gasteiger partial charge in [0.05, 0.1) is 29.9 Å². The van der Waals surface area contributed by atoms with Gasteiger partial charge in [0, 0.05) is 23.5 Å². The number of sulfone groups is 1. The minimum Gasteiger partial charge on any atom is -0.497 e. The van der Waals surface area contributed by atoms with E-state index in [-0.39, 0.29) is 48.6 Å². The monoisotopic (exact) mass is 623 g/mol. The number of nitrogens with zero attached hydrogens (tertiary/aromatic N) is 1. The highest BCUT2D eigenvalue weighted by atomic mass is 35.5. The average molecular weight is 624 g/mol. The Morgan fingerprint density at radius 1 is 1.02 bits per heavy atom. The number of hydrogen-bond acceptors (Lipinski definition) is 6. The summed E-state index contributed by atoms with van der Waals surface area (Å²) in [5, 5.41) is 0.331. The van der Waals surface area contributed by atoms with E-state index in [1.807, 2.05) is 0 Å². The van der Waals surface area contributed by atoms with Gasteiger partial charge >= 0.3 is 0 Å². The number of methoxy groups -OCH3 is 1. The number of rotatable bonds is 5. The van der Waals surface area contributed by atoms with Gasteiger partial charge < -0.3 is 9.47 Å². The first-order valence-electron chi connectivity index (χ1n) is 13.2. The molecule has 0 spiro atoms. The molecule has 0 radical (unpaired) electrons. The third-order valence-corrected chi connectivity index (χ3v) is 13.5. The van der Waals surface area contributed by atoms with Crippen LogP contribution in [0.15, 0.2) is 65.6 Å². The van der Waals surface area contributed by atoms with Crippen molar-refractivity contribution in [1.29, 1.82) is 0 Å². The summed E-state index contributed by atoms with van der Waals surface area (Å²) < 4.78 is 97.2. The van der Waals surface area contributed by atoms with Crippen molar-refractivity contribution in [3.8, 4) is 11.5 Å². The highest BCUT2D eigenvalue weighted by Gasteiger charge is 2.64. The Balaban J connectivity index is 1.48. The zero-order valence-electron chi connectivity index (χ0n) is 22.1. The highest BCUT2D eigenvalue weighted by molar-refractivity contribution is 7.92. The van der Waals surface area contributed by atoms with Crippen molar-refractivity contribution in [2.24, 2.45) is 11.8 Å². The van der Waals surface area contributed by atoms with E-state index in [0.29, 0.717) is 10.8 Å². The molecular weight excluding hydrogens is 596 g/mol. The molecule has 3 aliphatic rings. The Hall–Kier alpha value is -2.73. The van der Waals surface area contributed by atoms with Crippen LogP contribution in [0.5, 0.6) is 11.5 Å². The third-order valence-electron chi connectivity index (χ3n) is 8.85. The lowest BCUT2D eigenvalue weighted by atomic mass is 9.64. The van der Waals surface area contributed by atoms with E-state index in [1.165, 1.54) is 28.6 Å². The van der Waals surface area contributed by atoms with Crippen LogP contribution in [-0.2, 0) is 31.2 Å². The maximum absolute atomic E-state index is 15.7. The molecule has 0 amide bonds. The quantitative estimate of drug-likeness (QED) is 0.382. The van der Waals surface area contributed by atoms with Gasteiger partial charge in [-0.1, -0.05) is 23.7 Å². The van der Waals surface area contributed by atoms with Crippen LogP contribution in [0.2, 0.25) is 5.02 Å². The first-order chi connectivity index (χ1) is 19.5. The van der Waals surface area contributed by atoms with Crippen LogP contribution in [0.4, 0.5) is 8.78 Å². The smallest absolute Gasteiger partial charge is 0.214 e. The van der Waals surface area contributed by atoms with Gasteiger partial charge in [0.15, 0.2) is 21.4 Å². The van der Waals surface area contributed by atoms with Crippen LogP contribution in [-0.4, -0.2) is 46.7 Å². The minimum atomic E-state index is -4.34. The number of benzene rings is 3. The van der Waals surface area contributed by atoms with E-state index in [0.717, 1.165) is 17.7 Å². The maximum Gasteiger partial charge on any atom is 0.214 e. The summed E-state index contributed by atoms with van der Waals surface area (Å²) in [6, 6.07) is 14.0. The van der Waals surface area contributed by atoms with Crippen LogP contribution in [0.25, 0.3) is 0 Å². The molecule has 7 nitrogen and oxygen atoms in total. The molecule has 0 aromatic heterocycles. The van der Waals surface area contributed by atoms with Gasteiger partial charge in [-0.15, -0.1) is 0 Å². The van der Waals surface area contributed by atoms with Gasteiger partial charge in [-0.2, -0.15) is 4.31 Å². The van der Waals surface area contributed by atoms with E-state index < -0.39 is 59.9 Å². The van der Waals surface area contributed by atoms with Crippen molar-refractivity contribution in [1.82, 2.24) is 4.31 Å². The second kappa shape index (κ2) is 10.2. The standard InChI is InChI=1S/C29H28ClF2NO6S2/c1-38-20-6-2-18(3-7-20)16-33-26-12-14-29(41(36,37)21-8-4-19(30)5-9-21)23(22(26)13-15-40(33,34)35)17-39-28-25(32)11-10-24(31)27(28)29/h2-11,22-23,26H,12-17H2,1H3/t22-,23-,26+,29-/m0/s1. The van der Waals surface area contributed by atoms with Crippen LogP contribution in [0.3, 0.4) is 0 Å². The van der Waals surface area contributed by atoms with E-state index in [1.54, 1.807) is 31.4 Å². The van der Waals surface area contributed by atoms with Crippen LogP contribution >= 0.6 is 11.6 Å². The number of hydrogen-bond donors (Lipinski definition) is 0. The van der Waals surface area contributed by atoms with E-state index >= 15 is 8.78 Å². The molecule has 218 valence electrons. The average Bonchev–Trinajstić information content (AvgIpc) is 2.96. The fourth-order valence-electron chi connectivity index (χ4n) is 6.96. The Morgan fingerprint density at radius 2 is 1.71 bits per heavy atom. The number of ether oxygens (including phenoxy) is 2. The summed E-state index contributed by atoms with van der Waals surface area (Å²) in [4.78, 5) is -0.0691. The largest absolute Gasteiger partial charge is 0.497 e. The number of sulfonamides is 1. The molecule has 2 heterocycles. The van der Waals surface area contributed by atoms with Gasteiger partial charge in [-0.05, 0) is 79.3 Å². The molecule has 1 aliphatic carbocycles. The van der Waals surface area contributed by atoms with Gasteiger partial charge in [0.2, 0.25) is 10.0 Å². The molecule has 1 saturated heterocycles. The molecule has 0 bridgehead atoms. The van der Waals surface area contributed by atoms with Crippen molar-refractivity contribution in [2.75, 3.05) is 19.5 Å².